The molecular weight excluding hydrogens is 280 g/mol. The summed E-state index contributed by atoms with van der Waals surface area (Å²) in [6.07, 6.45) is 16.0. The van der Waals surface area contributed by atoms with Gasteiger partial charge in [-0.2, -0.15) is 12.6 Å². The molecule has 1 atom stereocenters. The first-order valence-corrected chi connectivity index (χ1v) is 9.83. The van der Waals surface area contributed by atoms with Crippen molar-refractivity contribution in [1.29, 1.82) is 0 Å². The minimum Gasteiger partial charge on any atom is -0.381 e. The van der Waals surface area contributed by atoms with E-state index in [1.165, 1.54) is 77.0 Å². The minimum atomic E-state index is 0.807. The van der Waals surface area contributed by atoms with Gasteiger partial charge in [0.1, 0.15) is 0 Å². The van der Waals surface area contributed by atoms with E-state index in [-0.39, 0.29) is 0 Å². The standard InChI is InChI=1S/C18H36O2S/c21-16-9-7-5-3-1-2-4-6-8-13-19-14-10-11-18-12-15-20-17-18/h18,21H,1-17H2/t18-/m1/s1. The van der Waals surface area contributed by atoms with Gasteiger partial charge in [0.05, 0.1) is 0 Å². The predicted octanol–water partition coefficient (Wildman–Crippen LogP) is 5.26. The summed E-state index contributed by atoms with van der Waals surface area (Å²) in [6.45, 7) is 3.86. The average molecular weight is 317 g/mol. The smallest absolute Gasteiger partial charge is 0.0495 e. The quantitative estimate of drug-likeness (QED) is 0.328. The van der Waals surface area contributed by atoms with Gasteiger partial charge in [-0.3, -0.25) is 0 Å². The van der Waals surface area contributed by atoms with Gasteiger partial charge < -0.3 is 9.47 Å². The molecule has 0 radical (unpaired) electrons. The molecule has 126 valence electrons. The maximum Gasteiger partial charge on any atom is 0.0495 e. The Kier molecular flexibility index (Phi) is 14.0. The van der Waals surface area contributed by atoms with Crippen molar-refractivity contribution in [2.75, 3.05) is 32.2 Å². The number of rotatable bonds is 15. The fourth-order valence-corrected chi connectivity index (χ4v) is 3.16. The van der Waals surface area contributed by atoms with E-state index >= 15 is 0 Å². The van der Waals surface area contributed by atoms with Gasteiger partial charge in [0.25, 0.3) is 0 Å². The summed E-state index contributed by atoms with van der Waals surface area (Å²) in [5.74, 6) is 1.86. The highest BCUT2D eigenvalue weighted by Crippen LogP contribution is 2.17. The van der Waals surface area contributed by atoms with E-state index < -0.39 is 0 Å². The van der Waals surface area contributed by atoms with Crippen molar-refractivity contribution in [1.82, 2.24) is 0 Å². The minimum absolute atomic E-state index is 0.807. The van der Waals surface area contributed by atoms with Crippen LogP contribution in [-0.4, -0.2) is 32.2 Å². The first-order chi connectivity index (χ1) is 10.4. The summed E-state index contributed by atoms with van der Waals surface area (Å²) in [7, 11) is 0. The molecule has 2 nitrogen and oxygen atoms in total. The molecule has 0 unspecified atom stereocenters. The van der Waals surface area contributed by atoms with Crippen LogP contribution < -0.4 is 0 Å². The third kappa shape index (κ3) is 12.5. The third-order valence-electron chi connectivity index (χ3n) is 4.37. The fourth-order valence-electron chi connectivity index (χ4n) is 2.94. The van der Waals surface area contributed by atoms with Gasteiger partial charge in [-0.25, -0.2) is 0 Å². The Bertz CT molecular complexity index is 205. The monoisotopic (exact) mass is 316 g/mol. The lowest BCUT2D eigenvalue weighted by Crippen LogP contribution is -2.03. The number of thiol groups is 1. The number of ether oxygens (including phenoxy) is 2. The molecule has 1 aliphatic heterocycles. The molecule has 0 N–H and O–H groups in total. The van der Waals surface area contributed by atoms with E-state index in [0.29, 0.717) is 0 Å². The maximum atomic E-state index is 5.72. The van der Waals surface area contributed by atoms with Crippen LogP contribution in [0.4, 0.5) is 0 Å². The van der Waals surface area contributed by atoms with Gasteiger partial charge >= 0.3 is 0 Å². The molecule has 0 spiro atoms. The van der Waals surface area contributed by atoms with E-state index in [2.05, 4.69) is 12.6 Å². The van der Waals surface area contributed by atoms with Crippen molar-refractivity contribution >= 4 is 12.6 Å². The van der Waals surface area contributed by atoms with Crippen LogP contribution in [0.3, 0.4) is 0 Å². The first kappa shape index (κ1) is 19.3. The highest BCUT2D eigenvalue weighted by Gasteiger charge is 2.14. The van der Waals surface area contributed by atoms with Crippen molar-refractivity contribution in [3.63, 3.8) is 0 Å². The van der Waals surface area contributed by atoms with E-state index in [4.69, 9.17) is 9.47 Å². The largest absolute Gasteiger partial charge is 0.381 e. The van der Waals surface area contributed by atoms with Gasteiger partial charge in [0.2, 0.25) is 0 Å². The van der Waals surface area contributed by atoms with Crippen LogP contribution in [0.25, 0.3) is 0 Å². The van der Waals surface area contributed by atoms with Gasteiger partial charge in [-0.15, -0.1) is 0 Å². The summed E-state index contributed by atoms with van der Waals surface area (Å²) in [5.41, 5.74) is 0. The summed E-state index contributed by atoms with van der Waals surface area (Å²) in [4.78, 5) is 0. The van der Waals surface area contributed by atoms with E-state index in [9.17, 15) is 0 Å². The van der Waals surface area contributed by atoms with E-state index in [1.54, 1.807) is 0 Å². The molecule has 0 bridgehead atoms. The average Bonchev–Trinajstić information content (AvgIpc) is 3.01. The molecule has 0 amide bonds. The number of hydrogen-bond donors (Lipinski definition) is 1. The molecule has 1 saturated heterocycles. The fraction of sp³-hybridized carbons (Fsp3) is 1.00. The molecule has 1 heterocycles. The van der Waals surface area contributed by atoms with Crippen molar-refractivity contribution < 1.29 is 9.47 Å². The Balaban J connectivity index is 1.65. The van der Waals surface area contributed by atoms with Crippen LogP contribution in [0.1, 0.15) is 77.0 Å². The second-order valence-electron chi connectivity index (χ2n) is 6.39. The number of hydrogen-bond acceptors (Lipinski definition) is 3. The van der Waals surface area contributed by atoms with E-state index in [0.717, 1.165) is 38.1 Å². The van der Waals surface area contributed by atoms with Crippen LogP contribution in [0.5, 0.6) is 0 Å². The molecular formula is C18H36O2S. The van der Waals surface area contributed by atoms with Crippen molar-refractivity contribution in [2.24, 2.45) is 5.92 Å². The van der Waals surface area contributed by atoms with Crippen LogP contribution in [0, 0.1) is 5.92 Å². The number of unbranched alkanes of at least 4 members (excludes halogenated alkanes) is 8. The van der Waals surface area contributed by atoms with Gasteiger partial charge in [-0.05, 0) is 43.8 Å². The maximum absolute atomic E-state index is 5.72. The Morgan fingerprint density at radius 1 is 0.810 bits per heavy atom. The summed E-state index contributed by atoms with van der Waals surface area (Å²) in [5, 5.41) is 0. The van der Waals surface area contributed by atoms with E-state index in [1.807, 2.05) is 0 Å². The van der Waals surface area contributed by atoms with Gasteiger partial charge in [0.15, 0.2) is 0 Å². The molecule has 1 aliphatic rings. The van der Waals surface area contributed by atoms with Crippen molar-refractivity contribution in [3.05, 3.63) is 0 Å². The molecule has 0 aromatic carbocycles. The highest BCUT2D eigenvalue weighted by molar-refractivity contribution is 7.80. The summed E-state index contributed by atoms with van der Waals surface area (Å²) in [6, 6.07) is 0. The zero-order valence-corrected chi connectivity index (χ0v) is 14.8. The molecule has 0 aliphatic carbocycles. The Morgan fingerprint density at radius 3 is 2.05 bits per heavy atom. The molecule has 3 heteroatoms. The molecule has 21 heavy (non-hydrogen) atoms. The summed E-state index contributed by atoms with van der Waals surface area (Å²) >= 11 is 4.24. The Hall–Kier alpha value is 0.270. The third-order valence-corrected chi connectivity index (χ3v) is 4.69. The van der Waals surface area contributed by atoms with Crippen LogP contribution in [0.2, 0.25) is 0 Å². The Labute approximate surface area is 137 Å². The van der Waals surface area contributed by atoms with Crippen molar-refractivity contribution in [2.45, 2.75) is 77.0 Å². The zero-order valence-electron chi connectivity index (χ0n) is 13.9. The zero-order chi connectivity index (χ0) is 15.0. The molecule has 0 saturated carbocycles. The van der Waals surface area contributed by atoms with Crippen molar-refractivity contribution in [3.8, 4) is 0 Å². The lowest BCUT2D eigenvalue weighted by atomic mass is 10.0. The molecule has 1 fully saturated rings. The second-order valence-corrected chi connectivity index (χ2v) is 6.84. The summed E-state index contributed by atoms with van der Waals surface area (Å²) < 4.78 is 11.1. The first-order valence-electron chi connectivity index (χ1n) is 9.20. The van der Waals surface area contributed by atoms with Gasteiger partial charge in [-0.1, -0.05) is 44.9 Å². The Morgan fingerprint density at radius 2 is 1.43 bits per heavy atom. The topological polar surface area (TPSA) is 18.5 Å². The molecule has 0 aromatic heterocycles. The predicted molar refractivity (Wildman–Crippen MR) is 94.4 cm³/mol. The van der Waals surface area contributed by atoms with Crippen LogP contribution in [0.15, 0.2) is 0 Å². The van der Waals surface area contributed by atoms with Gasteiger partial charge in [0, 0.05) is 26.4 Å². The molecule has 0 aromatic rings. The highest BCUT2D eigenvalue weighted by atomic mass is 32.1. The lowest BCUT2D eigenvalue weighted by Gasteiger charge is -2.07. The second kappa shape index (κ2) is 15.2. The SMILES string of the molecule is SCCCCCCCCCCCOCCC[C@@H]1CCOC1. The normalized spacial score (nSPS) is 18.4. The molecule has 1 rings (SSSR count). The van der Waals surface area contributed by atoms with Crippen LogP contribution >= 0.6 is 12.6 Å². The van der Waals surface area contributed by atoms with Crippen LogP contribution in [-0.2, 0) is 9.47 Å². The lowest BCUT2D eigenvalue weighted by molar-refractivity contribution is 0.120.